The van der Waals surface area contributed by atoms with Gasteiger partial charge >= 0.3 is 0 Å². The highest BCUT2D eigenvalue weighted by Gasteiger charge is 2.25. The van der Waals surface area contributed by atoms with Crippen LogP contribution >= 0.6 is 0 Å². The Balaban J connectivity index is 1.54. The van der Waals surface area contributed by atoms with Crippen molar-refractivity contribution < 1.29 is 4.74 Å². The quantitative estimate of drug-likeness (QED) is 0.812. The van der Waals surface area contributed by atoms with Gasteiger partial charge in [0.2, 0.25) is 0 Å². The molecule has 1 aromatic rings. The van der Waals surface area contributed by atoms with Crippen molar-refractivity contribution in [3.05, 3.63) is 22.7 Å². The maximum Gasteiger partial charge on any atom is 0.293 e. The molecule has 0 aromatic carbocycles. The number of piperidine rings is 1. The molecule has 2 aliphatic rings. The zero-order chi connectivity index (χ0) is 16.9. The molecule has 3 heterocycles. The van der Waals surface area contributed by atoms with Crippen LogP contribution in [0.25, 0.3) is 0 Å². The topological polar surface area (TPSA) is 62.6 Å². The Morgan fingerprint density at radius 2 is 2.21 bits per heavy atom. The fourth-order valence-corrected chi connectivity index (χ4v) is 3.62. The third-order valence-electron chi connectivity index (χ3n) is 5.04. The molecule has 0 amide bonds. The number of anilines is 1. The molecule has 2 saturated heterocycles. The largest absolute Gasteiger partial charge is 0.374 e. The van der Waals surface area contributed by atoms with Gasteiger partial charge in [-0.3, -0.25) is 9.69 Å². The summed E-state index contributed by atoms with van der Waals surface area (Å²) in [7, 11) is 3.66. The number of hydrogen-bond donors (Lipinski definition) is 1. The normalized spacial score (nSPS) is 23.3. The maximum atomic E-state index is 12.2. The predicted molar refractivity (Wildman–Crippen MR) is 94.5 cm³/mol. The highest BCUT2D eigenvalue weighted by molar-refractivity contribution is 5.34. The fourth-order valence-electron chi connectivity index (χ4n) is 3.62. The van der Waals surface area contributed by atoms with Gasteiger partial charge in [-0.15, -0.1) is 0 Å². The molecule has 7 heteroatoms. The van der Waals surface area contributed by atoms with Crippen LogP contribution < -0.4 is 15.8 Å². The van der Waals surface area contributed by atoms with Crippen molar-refractivity contribution in [3.63, 3.8) is 0 Å². The highest BCUT2D eigenvalue weighted by Crippen LogP contribution is 2.16. The van der Waals surface area contributed by atoms with Crippen LogP contribution in [0.2, 0.25) is 0 Å². The van der Waals surface area contributed by atoms with Gasteiger partial charge in [0.1, 0.15) is 0 Å². The van der Waals surface area contributed by atoms with Crippen molar-refractivity contribution in [2.24, 2.45) is 13.0 Å². The number of morpholine rings is 1. The van der Waals surface area contributed by atoms with E-state index in [9.17, 15) is 4.79 Å². The van der Waals surface area contributed by atoms with Gasteiger partial charge in [-0.05, 0) is 31.8 Å². The van der Waals surface area contributed by atoms with Crippen LogP contribution in [0, 0.1) is 5.92 Å². The van der Waals surface area contributed by atoms with E-state index in [1.54, 1.807) is 24.0 Å². The predicted octanol–water partition coefficient (Wildman–Crippen LogP) is -0.0831. The average molecular weight is 335 g/mol. The number of hydrogen-bond acceptors (Lipinski definition) is 6. The molecular formula is C17H29N5O2. The van der Waals surface area contributed by atoms with E-state index in [1.165, 1.54) is 12.8 Å². The molecule has 1 N–H and O–H groups in total. The second-order valence-corrected chi connectivity index (χ2v) is 6.99. The molecule has 0 radical (unpaired) electrons. The first-order valence-electron chi connectivity index (χ1n) is 8.91. The molecule has 3 rings (SSSR count). The number of likely N-dealkylation sites (N-methyl/N-ethyl adjacent to an activating group) is 1. The fraction of sp³-hybridized carbons (Fsp3) is 0.765. The lowest BCUT2D eigenvalue weighted by Gasteiger charge is -2.37. The van der Waals surface area contributed by atoms with E-state index in [0.29, 0.717) is 12.4 Å². The number of ether oxygens (including phenoxy) is 1. The van der Waals surface area contributed by atoms with E-state index in [2.05, 4.69) is 15.2 Å². The van der Waals surface area contributed by atoms with Crippen LogP contribution in [0.4, 0.5) is 5.82 Å². The zero-order valence-corrected chi connectivity index (χ0v) is 14.8. The average Bonchev–Trinajstić information content (AvgIpc) is 2.58. The molecule has 1 unspecified atom stereocenters. The second-order valence-electron chi connectivity index (χ2n) is 6.99. The van der Waals surface area contributed by atoms with E-state index < -0.39 is 0 Å². The van der Waals surface area contributed by atoms with Crippen molar-refractivity contribution in [2.45, 2.75) is 18.9 Å². The molecule has 2 fully saturated rings. The molecule has 1 aromatic heterocycles. The van der Waals surface area contributed by atoms with Crippen molar-refractivity contribution >= 4 is 5.82 Å². The first-order valence-corrected chi connectivity index (χ1v) is 8.91. The summed E-state index contributed by atoms with van der Waals surface area (Å²) in [6.07, 6.45) is 6.01. The minimum absolute atomic E-state index is 0.0672. The van der Waals surface area contributed by atoms with Gasteiger partial charge in [0.15, 0.2) is 5.82 Å². The van der Waals surface area contributed by atoms with E-state index >= 15 is 0 Å². The lowest BCUT2D eigenvalue weighted by atomic mass is 9.97. The number of aromatic nitrogens is 2. The summed E-state index contributed by atoms with van der Waals surface area (Å²) in [5.74, 6) is 1.28. The Morgan fingerprint density at radius 3 is 3.00 bits per heavy atom. The number of nitrogens with one attached hydrogen (secondary N) is 1. The Hall–Kier alpha value is -1.44. The molecule has 0 saturated carbocycles. The summed E-state index contributed by atoms with van der Waals surface area (Å²) in [6.45, 7) is 6.85. The molecule has 0 bridgehead atoms. The lowest BCUT2D eigenvalue weighted by Crippen LogP contribution is -2.49. The van der Waals surface area contributed by atoms with Crippen molar-refractivity contribution in [1.29, 1.82) is 0 Å². The number of rotatable bonds is 5. The van der Waals surface area contributed by atoms with Gasteiger partial charge < -0.3 is 19.5 Å². The van der Waals surface area contributed by atoms with Crippen LogP contribution in [-0.2, 0) is 11.8 Å². The van der Waals surface area contributed by atoms with Crippen LogP contribution in [-0.4, -0.2) is 73.5 Å². The summed E-state index contributed by atoms with van der Waals surface area (Å²) < 4.78 is 7.49. The number of aryl methyl sites for hydroxylation is 1. The van der Waals surface area contributed by atoms with Gasteiger partial charge in [-0.25, -0.2) is 4.98 Å². The van der Waals surface area contributed by atoms with Gasteiger partial charge in [-0.2, -0.15) is 0 Å². The molecular weight excluding hydrogens is 306 g/mol. The minimum Gasteiger partial charge on any atom is -0.374 e. The summed E-state index contributed by atoms with van der Waals surface area (Å²) in [5.41, 5.74) is -0.0672. The monoisotopic (exact) mass is 335 g/mol. The maximum absolute atomic E-state index is 12.2. The molecule has 134 valence electrons. The van der Waals surface area contributed by atoms with E-state index in [0.717, 1.165) is 45.2 Å². The smallest absolute Gasteiger partial charge is 0.293 e. The van der Waals surface area contributed by atoms with Gasteiger partial charge in [-0.1, -0.05) is 0 Å². The Labute approximate surface area is 143 Å². The van der Waals surface area contributed by atoms with Crippen molar-refractivity contribution in [1.82, 2.24) is 19.8 Å². The van der Waals surface area contributed by atoms with Crippen LogP contribution in [0.1, 0.15) is 12.8 Å². The first kappa shape index (κ1) is 17.4. The van der Waals surface area contributed by atoms with E-state index in [-0.39, 0.29) is 11.7 Å². The van der Waals surface area contributed by atoms with Crippen molar-refractivity contribution in [2.75, 3.05) is 57.8 Å². The standard InChI is InChI=1S/C17H29N5O2/c1-20-8-7-19-16(17(20)23)21(2)12-15-13-22(9-10-24-15)11-14-3-5-18-6-4-14/h7-8,14-15,18H,3-6,9-13H2,1-2H3. The van der Waals surface area contributed by atoms with E-state index in [1.807, 2.05) is 11.9 Å². The van der Waals surface area contributed by atoms with Crippen LogP contribution in [0.5, 0.6) is 0 Å². The molecule has 1 atom stereocenters. The highest BCUT2D eigenvalue weighted by atomic mass is 16.5. The molecule has 0 aliphatic carbocycles. The SMILES string of the molecule is CN(CC1CN(CC2CCNCC2)CCO1)c1nccn(C)c1=O. The summed E-state index contributed by atoms with van der Waals surface area (Å²) in [5, 5.41) is 3.43. The summed E-state index contributed by atoms with van der Waals surface area (Å²) in [6, 6.07) is 0. The Bertz CT molecular complexity index is 585. The van der Waals surface area contributed by atoms with Crippen molar-refractivity contribution in [3.8, 4) is 0 Å². The third-order valence-corrected chi connectivity index (χ3v) is 5.04. The number of nitrogens with zero attached hydrogens (tertiary/aromatic N) is 4. The van der Waals surface area contributed by atoms with Gasteiger partial charge in [0.05, 0.1) is 12.7 Å². The lowest BCUT2D eigenvalue weighted by molar-refractivity contribution is -0.0294. The first-order chi connectivity index (χ1) is 11.6. The Kier molecular flexibility index (Phi) is 5.86. The van der Waals surface area contributed by atoms with Crippen LogP contribution in [0.15, 0.2) is 17.2 Å². The zero-order valence-electron chi connectivity index (χ0n) is 14.8. The summed E-state index contributed by atoms with van der Waals surface area (Å²) >= 11 is 0. The summed E-state index contributed by atoms with van der Waals surface area (Å²) in [4.78, 5) is 20.9. The van der Waals surface area contributed by atoms with Gasteiger partial charge in [0, 0.05) is 52.7 Å². The van der Waals surface area contributed by atoms with E-state index in [4.69, 9.17) is 4.74 Å². The molecule has 2 aliphatic heterocycles. The second kappa shape index (κ2) is 8.09. The Morgan fingerprint density at radius 1 is 1.42 bits per heavy atom. The van der Waals surface area contributed by atoms with Crippen LogP contribution in [0.3, 0.4) is 0 Å². The molecule has 24 heavy (non-hydrogen) atoms. The molecule has 0 spiro atoms. The minimum atomic E-state index is -0.0672. The van der Waals surface area contributed by atoms with Gasteiger partial charge in [0.25, 0.3) is 5.56 Å². The third kappa shape index (κ3) is 4.34. The molecule has 7 nitrogen and oxygen atoms in total.